The van der Waals surface area contributed by atoms with Crippen molar-refractivity contribution in [3.8, 4) is 16.9 Å². The first-order valence-electron chi connectivity index (χ1n) is 8.37. The molecule has 5 nitrogen and oxygen atoms in total. The maximum Gasteiger partial charge on any atom is 0.241 e. The van der Waals surface area contributed by atoms with Crippen LogP contribution in [0.15, 0.2) is 41.2 Å². The Hall–Kier alpha value is -2.31. The normalized spacial score (nSPS) is 15.5. The molecule has 1 aliphatic rings. The number of ether oxygens (including phenoxy) is 1. The summed E-state index contributed by atoms with van der Waals surface area (Å²) in [6.07, 6.45) is 2.42. The van der Waals surface area contributed by atoms with E-state index in [1.807, 2.05) is 24.4 Å². The lowest BCUT2D eigenvalue weighted by molar-refractivity contribution is -0.122. The van der Waals surface area contributed by atoms with Gasteiger partial charge in [0.15, 0.2) is 0 Å². The average Bonchev–Trinajstić information content (AvgIpc) is 3.33. The van der Waals surface area contributed by atoms with E-state index in [9.17, 15) is 4.79 Å². The second-order valence-electron chi connectivity index (χ2n) is 6.36. The van der Waals surface area contributed by atoms with Gasteiger partial charge in [-0.1, -0.05) is 11.6 Å². The summed E-state index contributed by atoms with van der Waals surface area (Å²) in [5, 5.41) is 11.9. The van der Waals surface area contributed by atoms with Crippen LogP contribution in [-0.2, 0) is 17.8 Å². The molecule has 1 unspecified atom stereocenters. The van der Waals surface area contributed by atoms with Crippen molar-refractivity contribution < 1.29 is 9.53 Å². The molecule has 26 heavy (non-hydrogen) atoms. The zero-order chi connectivity index (χ0) is 18.1. The Balaban J connectivity index is 1.38. The molecule has 1 aromatic carbocycles. The van der Waals surface area contributed by atoms with E-state index in [1.165, 1.54) is 0 Å². The molecule has 7 heteroatoms. The number of hydrogen-bond acceptors (Lipinski definition) is 4. The molecule has 0 saturated heterocycles. The number of amides is 1. The summed E-state index contributed by atoms with van der Waals surface area (Å²) in [5.74, 6) is 0.644. The van der Waals surface area contributed by atoms with Crippen molar-refractivity contribution >= 4 is 28.8 Å². The van der Waals surface area contributed by atoms with Gasteiger partial charge < -0.3 is 10.1 Å². The Kier molecular flexibility index (Phi) is 4.70. The highest BCUT2D eigenvalue weighted by molar-refractivity contribution is 7.08. The molecule has 3 aromatic rings. The fourth-order valence-electron chi connectivity index (χ4n) is 3.08. The first-order chi connectivity index (χ1) is 12.6. The standard InChI is InChI=1S/C19H18ClN3O2S/c1-12-2-4-23(22-12)10-18(24)21-9-16-7-15-6-14(13-3-5-26-11-13)8-17(20)19(15)25-16/h2-6,8,11,16H,7,9-10H2,1H3,(H,21,24). The summed E-state index contributed by atoms with van der Waals surface area (Å²) in [6, 6.07) is 8.01. The number of halogens is 1. The van der Waals surface area contributed by atoms with Crippen LogP contribution in [0.3, 0.4) is 0 Å². The highest BCUT2D eigenvalue weighted by atomic mass is 35.5. The number of carbonyl (C=O) groups excluding carboxylic acids is 1. The van der Waals surface area contributed by atoms with Crippen LogP contribution in [0, 0.1) is 6.92 Å². The molecule has 1 amide bonds. The van der Waals surface area contributed by atoms with E-state index in [0.29, 0.717) is 11.6 Å². The predicted molar refractivity (Wildman–Crippen MR) is 103 cm³/mol. The van der Waals surface area contributed by atoms with Crippen LogP contribution < -0.4 is 10.1 Å². The predicted octanol–water partition coefficient (Wildman–Crippen LogP) is 3.69. The van der Waals surface area contributed by atoms with Crippen LogP contribution >= 0.6 is 22.9 Å². The van der Waals surface area contributed by atoms with Crippen molar-refractivity contribution in [1.82, 2.24) is 15.1 Å². The zero-order valence-corrected chi connectivity index (χ0v) is 15.8. The first-order valence-corrected chi connectivity index (χ1v) is 9.69. The molecule has 2 aromatic heterocycles. The van der Waals surface area contributed by atoms with Crippen LogP contribution in [0.25, 0.3) is 11.1 Å². The third kappa shape index (κ3) is 3.61. The van der Waals surface area contributed by atoms with Gasteiger partial charge in [0.05, 0.1) is 17.3 Å². The second kappa shape index (κ2) is 7.13. The average molecular weight is 388 g/mol. The summed E-state index contributed by atoms with van der Waals surface area (Å²) in [4.78, 5) is 12.1. The maximum absolute atomic E-state index is 12.1. The van der Waals surface area contributed by atoms with Gasteiger partial charge in [0.1, 0.15) is 18.4 Å². The molecule has 1 atom stereocenters. The molecular weight excluding hydrogens is 370 g/mol. The number of rotatable bonds is 5. The van der Waals surface area contributed by atoms with Crippen LogP contribution in [0.4, 0.5) is 0 Å². The van der Waals surface area contributed by atoms with Crippen molar-refractivity contribution in [2.75, 3.05) is 6.54 Å². The monoisotopic (exact) mass is 387 g/mol. The van der Waals surface area contributed by atoms with E-state index < -0.39 is 0 Å². The van der Waals surface area contributed by atoms with Crippen molar-refractivity contribution in [3.05, 3.63) is 57.5 Å². The summed E-state index contributed by atoms with van der Waals surface area (Å²) in [7, 11) is 0. The highest BCUT2D eigenvalue weighted by Gasteiger charge is 2.26. The van der Waals surface area contributed by atoms with Crippen LogP contribution in [0.5, 0.6) is 5.75 Å². The highest BCUT2D eigenvalue weighted by Crippen LogP contribution is 2.39. The smallest absolute Gasteiger partial charge is 0.241 e. The third-order valence-corrected chi connectivity index (χ3v) is 5.28. The Labute approximate surface area is 160 Å². The number of thiophene rings is 1. The number of hydrogen-bond donors (Lipinski definition) is 1. The summed E-state index contributed by atoms with van der Waals surface area (Å²) in [5.41, 5.74) is 4.23. The van der Waals surface area contributed by atoms with Gasteiger partial charge in [0.2, 0.25) is 5.91 Å². The van der Waals surface area contributed by atoms with E-state index in [4.69, 9.17) is 16.3 Å². The van der Waals surface area contributed by atoms with Crippen LogP contribution in [0.1, 0.15) is 11.3 Å². The van der Waals surface area contributed by atoms with Crippen molar-refractivity contribution in [2.45, 2.75) is 26.0 Å². The zero-order valence-electron chi connectivity index (χ0n) is 14.2. The quantitative estimate of drug-likeness (QED) is 0.726. The summed E-state index contributed by atoms with van der Waals surface area (Å²) >= 11 is 8.07. The molecule has 0 radical (unpaired) electrons. The minimum Gasteiger partial charge on any atom is -0.486 e. The molecule has 0 aliphatic carbocycles. The molecule has 0 bridgehead atoms. The Bertz CT molecular complexity index is 936. The van der Waals surface area contributed by atoms with Gasteiger partial charge in [-0.05, 0) is 53.1 Å². The Morgan fingerprint density at radius 3 is 3.04 bits per heavy atom. The molecule has 134 valence electrons. The first kappa shape index (κ1) is 17.1. The SMILES string of the molecule is Cc1ccn(CC(=O)NCC2Cc3cc(-c4ccsc4)cc(Cl)c3O2)n1. The lowest BCUT2D eigenvalue weighted by atomic mass is 10.0. The van der Waals surface area contributed by atoms with Gasteiger partial charge >= 0.3 is 0 Å². The van der Waals surface area contributed by atoms with Gasteiger partial charge in [-0.3, -0.25) is 9.48 Å². The minimum absolute atomic E-state index is 0.0854. The fraction of sp³-hybridized carbons (Fsp3) is 0.263. The molecule has 0 saturated carbocycles. The van der Waals surface area contributed by atoms with Gasteiger partial charge in [-0.2, -0.15) is 16.4 Å². The second-order valence-corrected chi connectivity index (χ2v) is 7.55. The van der Waals surface area contributed by atoms with E-state index in [0.717, 1.165) is 34.6 Å². The van der Waals surface area contributed by atoms with Gasteiger partial charge in [-0.15, -0.1) is 0 Å². The van der Waals surface area contributed by atoms with Crippen molar-refractivity contribution in [1.29, 1.82) is 0 Å². The van der Waals surface area contributed by atoms with E-state index in [-0.39, 0.29) is 18.6 Å². The number of fused-ring (bicyclic) bond motifs is 1. The van der Waals surface area contributed by atoms with E-state index in [2.05, 4.69) is 27.9 Å². The minimum atomic E-state index is -0.108. The molecule has 1 N–H and O–H groups in total. The molecule has 1 aliphatic heterocycles. The number of carbonyl (C=O) groups is 1. The Morgan fingerprint density at radius 2 is 2.31 bits per heavy atom. The lowest BCUT2D eigenvalue weighted by Crippen LogP contribution is -2.36. The molecule has 4 rings (SSSR count). The van der Waals surface area contributed by atoms with Gasteiger partial charge in [0.25, 0.3) is 0 Å². The molecule has 0 spiro atoms. The fourth-order valence-corrected chi connectivity index (χ4v) is 4.03. The number of aromatic nitrogens is 2. The van der Waals surface area contributed by atoms with Gasteiger partial charge in [0, 0.05) is 18.2 Å². The molecule has 0 fully saturated rings. The molecular formula is C19H18ClN3O2S. The number of nitrogens with zero attached hydrogens (tertiary/aromatic N) is 2. The third-order valence-electron chi connectivity index (χ3n) is 4.31. The summed E-state index contributed by atoms with van der Waals surface area (Å²) in [6.45, 7) is 2.54. The van der Waals surface area contributed by atoms with E-state index >= 15 is 0 Å². The maximum atomic E-state index is 12.1. The molecule has 3 heterocycles. The van der Waals surface area contributed by atoms with Crippen LogP contribution in [0.2, 0.25) is 5.02 Å². The Morgan fingerprint density at radius 1 is 1.42 bits per heavy atom. The van der Waals surface area contributed by atoms with Crippen molar-refractivity contribution in [2.24, 2.45) is 0 Å². The summed E-state index contributed by atoms with van der Waals surface area (Å²) < 4.78 is 7.57. The van der Waals surface area contributed by atoms with Gasteiger partial charge in [-0.25, -0.2) is 0 Å². The van der Waals surface area contributed by atoms with Crippen LogP contribution in [-0.4, -0.2) is 28.3 Å². The van der Waals surface area contributed by atoms with E-state index in [1.54, 1.807) is 22.2 Å². The topological polar surface area (TPSA) is 56.2 Å². The number of aryl methyl sites for hydroxylation is 1. The lowest BCUT2D eigenvalue weighted by Gasteiger charge is -2.12. The van der Waals surface area contributed by atoms with Crippen molar-refractivity contribution in [3.63, 3.8) is 0 Å². The largest absolute Gasteiger partial charge is 0.486 e. The number of nitrogens with one attached hydrogen (secondary N) is 1. The number of benzene rings is 1.